The molecule has 0 saturated heterocycles. The van der Waals surface area contributed by atoms with Crippen LogP contribution in [0.5, 0.6) is 11.5 Å². The van der Waals surface area contributed by atoms with Gasteiger partial charge in [-0.2, -0.15) is 0 Å². The number of hydrogen-bond donors (Lipinski definition) is 2. The molecular formula is C27H30N2O2. The molecule has 0 aliphatic rings. The van der Waals surface area contributed by atoms with Crippen molar-refractivity contribution in [1.29, 1.82) is 0 Å². The van der Waals surface area contributed by atoms with E-state index in [-0.39, 0.29) is 0 Å². The highest BCUT2D eigenvalue weighted by atomic mass is 16.3. The second kappa shape index (κ2) is 7.69. The normalized spacial score (nSPS) is 11.3. The number of anilines is 2. The van der Waals surface area contributed by atoms with Gasteiger partial charge in [-0.1, -0.05) is 36.4 Å². The smallest absolute Gasteiger partial charge is 0.128 e. The van der Waals surface area contributed by atoms with Gasteiger partial charge in [-0.05, 0) is 65.4 Å². The van der Waals surface area contributed by atoms with Gasteiger partial charge in [0.15, 0.2) is 0 Å². The van der Waals surface area contributed by atoms with Crippen LogP contribution in [0.3, 0.4) is 0 Å². The Kier molecular flexibility index (Phi) is 5.18. The van der Waals surface area contributed by atoms with Gasteiger partial charge in [-0.15, -0.1) is 0 Å². The predicted octanol–water partition coefficient (Wildman–Crippen LogP) is 5.74. The van der Waals surface area contributed by atoms with Gasteiger partial charge in [0, 0.05) is 50.3 Å². The maximum atomic E-state index is 10.9. The molecule has 0 aliphatic heterocycles. The van der Waals surface area contributed by atoms with Crippen LogP contribution in [0, 0.1) is 13.8 Å². The Hall–Kier alpha value is -3.40. The molecule has 0 spiro atoms. The van der Waals surface area contributed by atoms with Crippen LogP contribution in [0.2, 0.25) is 0 Å². The third-order valence-corrected chi connectivity index (χ3v) is 6.12. The summed E-state index contributed by atoms with van der Waals surface area (Å²) in [6.07, 6.45) is 0.711. The summed E-state index contributed by atoms with van der Waals surface area (Å²) >= 11 is 0. The van der Waals surface area contributed by atoms with Crippen LogP contribution in [-0.2, 0) is 6.42 Å². The van der Waals surface area contributed by atoms with Gasteiger partial charge in [0.1, 0.15) is 11.5 Å². The Morgan fingerprint density at radius 3 is 1.39 bits per heavy atom. The average molecular weight is 415 g/mol. The van der Waals surface area contributed by atoms with Gasteiger partial charge in [0.05, 0.1) is 0 Å². The molecule has 4 rings (SSSR count). The summed E-state index contributed by atoms with van der Waals surface area (Å²) < 4.78 is 0. The first-order chi connectivity index (χ1) is 14.7. The Morgan fingerprint density at radius 1 is 0.645 bits per heavy atom. The molecule has 0 saturated carbocycles. The second-order valence-electron chi connectivity index (χ2n) is 8.77. The highest BCUT2D eigenvalue weighted by Crippen LogP contribution is 2.41. The van der Waals surface area contributed by atoms with Crippen LogP contribution in [0.4, 0.5) is 11.4 Å². The van der Waals surface area contributed by atoms with E-state index in [1.165, 1.54) is 0 Å². The topological polar surface area (TPSA) is 46.9 Å². The van der Waals surface area contributed by atoms with Crippen molar-refractivity contribution in [3.8, 4) is 11.5 Å². The molecule has 4 heteroatoms. The number of hydrogen-bond acceptors (Lipinski definition) is 4. The first kappa shape index (κ1) is 20.9. The van der Waals surface area contributed by atoms with Gasteiger partial charge >= 0.3 is 0 Å². The summed E-state index contributed by atoms with van der Waals surface area (Å²) in [6, 6.07) is 16.5. The predicted molar refractivity (Wildman–Crippen MR) is 132 cm³/mol. The number of fused-ring (bicyclic) bond motifs is 2. The Labute approximate surface area is 184 Å². The number of aromatic hydroxyl groups is 2. The second-order valence-corrected chi connectivity index (χ2v) is 8.77. The summed E-state index contributed by atoms with van der Waals surface area (Å²) in [5, 5.41) is 25.6. The SMILES string of the molecule is Cc1cc(Cc2cc(C)c(O)c3c(N(C)C)cccc23)c2cccc(N(C)C)c2c1O. The third kappa shape index (κ3) is 3.42. The molecule has 2 N–H and O–H groups in total. The van der Waals surface area contributed by atoms with Crippen molar-refractivity contribution in [3.05, 3.63) is 70.8 Å². The lowest BCUT2D eigenvalue weighted by Crippen LogP contribution is -2.10. The molecule has 0 radical (unpaired) electrons. The van der Waals surface area contributed by atoms with Crippen LogP contribution >= 0.6 is 0 Å². The summed E-state index contributed by atoms with van der Waals surface area (Å²) in [6.45, 7) is 3.91. The number of benzene rings is 4. The van der Waals surface area contributed by atoms with Crippen LogP contribution < -0.4 is 9.80 Å². The van der Waals surface area contributed by atoms with Crippen molar-refractivity contribution in [2.75, 3.05) is 38.0 Å². The number of aryl methyl sites for hydroxylation is 2. The highest BCUT2D eigenvalue weighted by molar-refractivity contribution is 6.04. The number of phenols is 2. The number of nitrogens with zero attached hydrogens (tertiary/aromatic N) is 2. The first-order valence-electron chi connectivity index (χ1n) is 10.5. The van der Waals surface area contributed by atoms with E-state index in [4.69, 9.17) is 0 Å². The van der Waals surface area contributed by atoms with Crippen LogP contribution in [0.1, 0.15) is 22.3 Å². The van der Waals surface area contributed by atoms with Gasteiger partial charge in [-0.3, -0.25) is 0 Å². The van der Waals surface area contributed by atoms with E-state index in [0.717, 1.165) is 55.2 Å². The Morgan fingerprint density at radius 2 is 1.03 bits per heavy atom. The van der Waals surface area contributed by atoms with E-state index in [0.29, 0.717) is 17.9 Å². The van der Waals surface area contributed by atoms with E-state index < -0.39 is 0 Å². The molecule has 4 aromatic carbocycles. The quantitative estimate of drug-likeness (QED) is 0.447. The number of rotatable bonds is 4. The molecule has 0 unspecified atom stereocenters. The standard InChI is InChI=1S/C27H30N2O2/c1-16-13-18(20-9-7-11-22(28(3)4)24(20)26(16)30)15-19-14-17(2)27(31)25-21(19)10-8-12-23(25)29(5)6/h7-14,30-31H,15H2,1-6H3. The minimum Gasteiger partial charge on any atom is -0.507 e. The molecule has 0 aromatic heterocycles. The lowest BCUT2D eigenvalue weighted by Gasteiger charge is -2.21. The van der Waals surface area contributed by atoms with E-state index in [1.54, 1.807) is 0 Å². The molecule has 160 valence electrons. The molecule has 0 heterocycles. The molecule has 31 heavy (non-hydrogen) atoms. The van der Waals surface area contributed by atoms with Crippen LogP contribution in [-0.4, -0.2) is 38.4 Å². The zero-order chi connectivity index (χ0) is 22.4. The average Bonchev–Trinajstić information content (AvgIpc) is 2.74. The zero-order valence-corrected chi connectivity index (χ0v) is 19.1. The summed E-state index contributed by atoms with van der Waals surface area (Å²) in [4.78, 5) is 4.07. The molecular weight excluding hydrogens is 384 g/mol. The molecule has 0 amide bonds. The monoisotopic (exact) mass is 414 g/mol. The largest absolute Gasteiger partial charge is 0.507 e. The Balaban J connectivity index is 1.99. The van der Waals surface area contributed by atoms with Crippen molar-refractivity contribution in [2.24, 2.45) is 0 Å². The van der Waals surface area contributed by atoms with Crippen molar-refractivity contribution < 1.29 is 10.2 Å². The van der Waals surface area contributed by atoms with Gasteiger partial charge < -0.3 is 20.0 Å². The van der Waals surface area contributed by atoms with E-state index in [9.17, 15) is 10.2 Å². The van der Waals surface area contributed by atoms with Crippen molar-refractivity contribution in [2.45, 2.75) is 20.3 Å². The van der Waals surface area contributed by atoms with E-state index in [1.807, 2.05) is 76.1 Å². The fourth-order valence-electron chi connectivity index (χ4n) is 4.57. The maximum absolute atomic E-state index is 10.9. The van der Waals surface area contributed by atoms with Crippen LogP contribution in [0.25, 0.3) is 21.5 Å². The fourth-order valence-corrected chi connectivity index (χ4v) is 4.57. The van der Waals surface area contributed by atoms with Crippen molar-refractivity contribution in [1.82, 2.24) is 0 Å². The minimum absolute atomic E-state index is 0.338. The maximum Gasteiger partial charge on any atom is 0.128 e. The highest BCUT2D eigenvalue weighted by Gasteiger charge is 2.17. The molecule has 0 atom stereocenters. The van der Waals surface area contributed by atoms with Crippen LogP contribution in [0.15, 0.2) is 48.5 Å². The molecule has 0 bridgehead atoms. The van der Waals surface area contributed by atoms with Crippen molar-refractivity contribution in [3.63, 3.8) is 0 Å². The van der Waals surface area contributed by atoms with Gasteiger partial charge in [0.25, 0.3) is 0 Å². The van der Waals surface area contributed by atoms with E-state index in [2.05, 4.69) is 24.3 Å². The first-order valence-corrected chi connectivity index (χ1v) is 10.5. The van der Waals surface area contributed by atoms with Crippen molar-refractivity contribution >= 4 is 32.9 Å². The van der Waals surface area contributed by atoms with Gasteiger partial charge in [0.2, 0.25) is 0 Å². The molecule has 0 aliphatic carbocycles. The van der Waals surface area contributed by atoms with Gasteiger partial charge in [-0.25, -0.2) is 0 Å². The Bertz CT molecular complexity index is 1210. The lowest BCUT2D eigenvalue weighted by molar-refractivity contribution is 0.477. The molecule has 4 aromatic rings. The number of phenolic OH excluding ortho intramolecular Hbond substituents is 2. The summed E-state index contributed by atoms with van der Waals surface area (Å²) in [5.41, 5.74) is 6.06. The summed E-state index contributed by atoms with van der Waals surface area (Å²) in [7, 11) is 7.98. The van der Waals surface area contributed by atoms with E-state index >= 15 is 0 Å². The molecule has 0 fully saturated rings. The summed E-state index contributed by atoms with van der Waals surface area (Å²) in [5.74, 6) is 0.675. The fraction of sp³-hybridized carbons (Fsp3) is 0.259. The molecule has 4 nitrogen and oxygen atoms in total. The zero-order valence-electron chi connectivity index (χ0n) is 19.1. The lowest BCUT2D eigenvalue weighted by atomic mass is 9.90. The minimum atomic E-state index is 0.338. The third-order valence-electron chi connectivity index (χ3n) is 6.12.